The number of carbonyl (C=O) groups is 2. The van der Waals surface area contributed by atoms with Crippen molar-refractivity contribution in [2.45, 2.75) is 134 Å². The van der Waals surface area contributed by atoms with Gasteiger partial charge in [-0.25, -0.2) is 9.59 Å². The Bertz CT molecular complexity index is 604. The van der Waals surface area contributed by atoms with Crippen LogP contribution < -0.4 is 0 Å². The summed E-state index contributed by atoms with van der Waals surface area (Å²) in [7, 11) is 0. The van der Waals surface area contributed by atoms with Gasteiger partial charge < -0.3 is 10.2 Å². The number of rotatable bonds is 12. The maximum absolute atomic E-state index is 13.4. The molecule has 0 spiro atoms. The Balaban J connectivity index is 1.69. The predicted octanol–water partition coefficient (Wildman–Crippen LogP) is 6.78. The molecule has 6 nitrogen and oxygen atoms in total. The summed E-state index contributed by atoms with van der Waals surface area (Å²) in [5, 5.41) is 22.0. The summed E-state index contributed by atoms with van der Waals surface area (Å²) in [6, 6.07) is 0. The van der Waals surface area contributed by atoms with Gasteiger partial charge in [0.15, 0.2) is 0 Å². The molecule has 2 N–H and O–H groups in total. The second kappa shape index (κ2) is 14.3. The monoisotopic (exact) mass is 518 g/mol. The van der Waals surface area contributed by atoms with Gasteiger partial charge in [0.1, 0.15) is 0 Å². The average molecular weight is 519 g/mol. The van der Waals surface area contributed by atoms with Crippen molar-refractivity contribution in [2.75, 3.05) is 26.2 Å². The molecule has 0 saturated heterocycles. The predicted molar refractivity (Wildman–Crippen MR) is 147 cm³/mol. The van der Waals surface area contributed by atoms with Crippen LogP contribution >= 0.6 is 0 Å². The number of hydrogen-bond donors (Lipinski definition) is 2. The molecule has 0 aromatic carbocycles. The van der Waals surface area contributed by atoms with Crippen molar-refractivity contribution in [3.8, 4) is 0 Å². The maximum Gasteiger partial charge on any atom is 0.351 e. The van der Waals surface area contributed by atoms with Crippen molar-refractivity contribution in [2.24, 2.45) is 23.7 Å². The number of carboxylic acid groups (broad SMARTS) is 2. The van der Waals surface area contributed by atoms with E-state index in [1.54, 1.807) is 0 Å². The fourth-order valence-corrected chi connectivity index (χ4v) is 8.24. The lowest BCUT2D eigenvalue weighted by Crippen LogP contribution is -2.72. The second-order valence-corrected chi connectivity index (χ2v) is 13.1. The molecule has 4 aliphatic carbocycles. The highest BCUT2D eigenvalue weighted by molar-refractivity contribution is 6.02. The first kappa shape index (κ1) is 28.9. The third kappa shape index (κ3) is 7.50. The zero-order chi connectivity index (χ0) is 26.1. The van der Waals surface area contributed by atoms with Crippen LogP contribution in [-0.2, 0) is 9.59 Å². The zero-order valence-corrected chi connectivity index (χ0v) is 23.4. The molecule has 4 rings (SSSR count). The third-order valence-electron chi connectivity index (χ3n) is 10.3. The van der Waals surface area contributed by atoms with Crippen LogP contribution in [-0.4, -0.2) is 63.8 Å². The van der Waals surface area contributed by atoms with Crippen molar-refractivity contribution in [3.63, 3.8) is 0 Å². The molecule has 0 atom stereocenters. The summed E-state index contributed by atoms with van der Waals surface area (Å²) >= 11 is 0. The van der Waals surface area contributed by atoms with Crippen LogP contribution in [0.2, 0.25) is 0 Å². The van der Waals surface area contributed by atoms with E-state index in [0.29, 0.717) is 49.9 Å². The van der Waals surface area contributed by atoms with Crippen LogP contribution in [0.1, 0.15) is 128 Å². The molecule has 0 bridgehead atoms. The minimum atomic E-state index is -1.95. The van der Waals surface area contributed by atoms with Gasteiger partial charge in [-0.15, -0.1) is 0 Å². The molecule has 0 aromatic rings. The molecular formula is C31H54N2O4. The van der Waals surface area contributed by atoms with Crippen molar-refractivity contribution in [1.29, 1.82) is 0 Å². The van der Waals surface area contributed by atoms with Gasteiger partial charge in [-0.3, -0.25) is 9.80 Å². The largest absolute Gasteiger partial charge is 0.478 e. The van der Waals surface area contributed by atoms with E-state index in [1.165, 1.54) is 77.0 Å². The fraction of sp³-hybridized carbons (Fsp3) is 0.935. The summed E-state index contributed by atoms with van der Waals surface area (Å²) in [4.78, 5) is 30.9. The zero-order valence-electron chi connectivity index (χ0n) is 23.4. The second-order valence-electron chi connectivity index (χ2n) is 13.1. The minimum Gasteiger partial charge on any atom is -0.478 e. The summed E-state index contributed by atoms with van der Waals surface area (Å²) in [6.45, 7) is 2.45. The van der Waals surface area contributed by atoms with Crippen molar-refractivity contribution in [1.82, 2.24) is 9.80 Å². The van der Waals surface area contributed by atoms with Gasteiger partial charge in [-0.2, -0.15) is 0 Å². The highest BCUT2D eigenvalue weighted by atomic mass is 16.4. The van der Waals surface area contributed by atoms with E-state index in [0.717, 1.165) is 51.4 Å². The van der Waals surface area contributed by atoms with E-state index in [9.17, 15) is 19.8 Å². The summed E-state index contributed by atoms with van der Waals surface area (Å²) < 4.78 is 0. The molecule has 0 aliphatic heterocycles. The highest BCUT2D eigenvalue weighted by Crippen LogP contribution is 2.37. The Morgan fingerprint density at radius 3 is 0.865 bits per heavy atom. The van der Waals surface area contributed by atoms with Gasteiger partial charge >= 0.3 is 11.9 Å². The van der Waals surface area contributed by atoms with Gasteiger partial charge in [-0.1, -0.05) is 77.0 Å². The van der Waals surface area contributed by atoms with Crippen LogP contribution in [0.15, 0.2) is 0 Å². The molecule has 37 heavy (non-hydrogen) atoms. The Kier molecular flexibility index (Phi) is 11.2. The fourth-order valence-electron chi connectivity index (χ4n) is 8.24. The number of aliphatic carboxylic acids is 2. The van der Waals surface area contributed by atoms with Crippen LogP contribution in [0.5, 0.6) is 0 Å². The molecule has 6 heteroatoms. The third-order valence-corrected chi connectivity index (χ3v) is 10.3. The molecular weight excluding hydrogens is 464 g/mol. The highest BCUT2D eigenvalue weighted by Gasteiger charge is 2.57. The number of carboxylic acids is 2. The molecule has 0 amide bonds. The Morgan fingerprint density at radius 1 is 0.459 bits per heavy atom. The van der Waals surface area contributed by atoms with Gasteiger partial charge in [0, 0.05) is 26.2 Å². The smallest absolute Gasteiger partial charge is 0.351 e. The molecule has 0 heterocycles. The van der Waals surface area contributed by atoms with Gasteiger partial charge in [0.25, 0.3) is 5.66 Å². The first-order valence-electron chi connectivity index (χ1n) is 16.0. The van der Waals surface area contributed by atoms with Crippen LogP contribution in [0.25, 0.3) is 0 Å². The van der Waals surface area contributed by atoms with Crippen molar-refractivity contribution >= 4 is 11.9 Å². The molecule has 4 aliphatic rings. The minimum absolute atomic E-state index is 0.404. The lowest BCUT2D eigenvalue weighted by molar-refractivity contribution is -0.191. The summed E-state index contributed by atoms with van der Waals surface area (Å²) in [5.74, 6) is -0.692. The van der Waals surface area contributed by atoms with E-state index in [-0.39, 0.29) is 0 Å². The Labute approximate surface area is 225 Å². The first-order chi connectivity index (χ1) is 18.0. The van der Waals surface area contributed by atoms with Gasteiger partial charge in [-0.05, 0) is 75.0 Å². The van der Waals surface area contributed by atoms with Crippen LogP contribution in [0.4, 0.5) is 0 Å². The molecule has 4 saturated carbocycles. The topological polar surface area (TPSA) is 81.1 Å². The quantitative estimate of drug-likeness (QED) is 0.219. The SMILES string of the molecule is O=C(O)C(C(=O)O)(N(CC1CCCCC1)CC1CCCCC1)N(CC1CCCCC1)CC1CCCCC1. The van der Waals surface area contributed by atoms with Crippen LogP contribution in [0.3, 0.4) is 0 Å². The van der Waals surface area contributed by atoms with E-state index in [1.807, 2.05) is 9.80 Å². The van der Waals surface area contributed by atoms with Crippen LogP contribution in [0, 0.1) is 23.7 Å². The Hall–Kier alpha value is -1.14. The molecule has 0 unspecified atom stereocenters. The lowest BCUT2D eigenvalue weighted by atomic mass is 9.83. The molecule has 4 fully saturated rings. The van der Waals surface area contributed by atoms with Crippen molar-refractivity contribution < 1.29 is 19.8 Å². The van der Waals surface area contributed by atoms with E-state index in [4.69, 9.17) is 0 Å². The molecule has 212 valence electrons. The number of hydrogen-bond acceptors (Lipinski definition) is 4. The Morgan fingerprint density at radius 2 is 0.676 bits per heavy atom. The standard InChI is InChI=1S/C31H54N2O4/c34-29(35)31(30(36)37,32(21-25-13-5-1-6-14-25)22-26-15-7-2-8-16-26)33(23-27-17-9-3-10-18-27)24-28-19-11-4-12-20-28/h25-28H,1-24H2,(H,34,35)(H,36,37). The van der Waals surface area contributed by atoms with E-state index < -0.39 is 17.6 Å². The lowest BCUT2D eigenvalue weighted by Gasteiger charge is -2.49. The first-order valence-corrected chi connectivity index (χ1v) is 16.0. The van der Waals surface area contributed by atoms with E-state index >= 15 is 0 Å². The van der Waals surface area contributed by atoms with E-state index in [2.05, 4.69) is 0 Å². The average Bonchev–Trinajstić information content (AvgIpc) is 2.91. The molecule has 0 radical (unpaired) electrons. The van der Waals surface area contributed by atoms with Crippen molar-refractivity contribution in [3.05, 3.63) is 0 Å². The van der Waals surface area contributed by atoms with Gasteiger partial charge in [0.05, 0.1) is 0 Å². The molecule has 0 aromatic heterocycles. The summed E-state index contributed by atoms with van der Waals surface area (Å²) in [5.41, 5.74) is -1.95. The maximum atomic E-state index is 13.4. The normalized spacial score (nSPS) is 24.1. The van der Waals surface area contributed by atoms with Gasteiger partial charge in [0.2, 0.25) is 0 Å². The summed E-state index contributed by atoms with van der Waals surface area (Å²) in [6.07, 6.45) is 23.2. The number of nitrogens with zero attached hydrogens (tertiary/aromatic N) is 2.